The molecular weight excluding hydrogens is 528 g/mol. The number of piperidine rings is 1. The smallest absolute Gasteiger partial charge is 0.246 e. The van der Waals surface area contributed by atoms with Crippen molar-refractivity contribution < 1.29 is 19.1 Å². The lowest BCUT2D eigenvalue weighted by Crippen LogP contribution is -2.58. The first-order valence-electron chi connectivity index (χ1n) is 15.1. The van der Waals surface area contributed by atoms with E-state index in [0.29, 0.717) is 35.6 Å². The second-order valence-electron chi connectivity index (χ2n) is 12.5. The molecule has 0 unspecified atom stereocenters. The normalized spacial score (nSPS) is 37.0. The van der Waals surface area contributed by atoms with E-state index < -0.39 is 29.6 Å². The molecule has 8 nitrogen and oxygen atoms in total. The molecule has 4 fully saturated rings. The number of rotatable bonds is 7. The zero-order chi connectivity index (χ0) is 28.0. The summed E-state index contributed by atoms with van der Waals surface area (Å²) in [6, 6.07) is 6.23. The average Bonchev–Trinajstić information content (AvgIpc) is 3.58. The predicted molar refractivity (Wildman–Crippen MR) is 154 cm³/mol. The number of anilines is 1. The molecule has 3 amide bonds. The summed E-state index contributed by atoms with van der Waals surface area (Å²) in [6.45, 7) is 7.62. The van der Waals surface area contributed by atoms with Crippen LogP contribution in [-0.2, 0) is 19.1 Å². The quantitative estimate of drug-likeness (QED) is 0.488. The third-order valence-electron chi connectivity index (χ3n) is 10.2. The van der Waals surface area contributed by atoms with Crippen molar-refractivity contribution in [3.63, 3.8) is 0 Å². The molecule has 1 aromatic carbocycles. The van der Waals surface area contributed by atoms with Gasteiger partial charge in [0.15, 0.2) is 0 Å². The van der Waals surface area contributed by atoms with Crippen LogP contribution < -0.4 is 10.6 Å². The number of amides is 3. The Hall–Kier alpha value is -2.42. The van der Waals surface area contributed by atoms with Crippen LogP contribution in [0.25, 0.3) is 0 Å². The van der Waals surface area contributed by atoms with Gasteiger partial charge >= 0.3 is 0 Å². The highest BCUT2D eigenvalue weighted by molar-refractivity contribution is 6.30. The molecule has 1 aromatic rings. The second kappa shape index (κ2) is 11.1. The van der Waals surface area contributed by atoms with Crippen molar-refractivity contribution in [2.24, 2.45) is 23.7 Å². The highest BCUT2D eigenvalue weighted by Crippen LogP contribution is 2.55. The molecule has 2 N–H and O–H groups in total. The van der Waals surface area contributed by atoms with Crippen LogP contribution in [0.15, 0.2) is 36.4 Å². The van der Waals surface area contributed by atoms with Crippen LogP contribution in [0.2, 0.25) is 5.02 Å². The summed E-state index contributed by atoms with van der Waals surface area (Å²) in [4.78, 5) is 46.1. The number of ether oxygens (including phenoxy) is 1. The molecule has 1 saturated carbocycles. The van der Waals surface area contributed by atoms with Crippen molar-refractivity contribution in [3.8, 4) is 0 Å². The average molecular weight is 569 g/mol. The van der Waals surface area contributed by atoms with Crippen molar-refractivity contribution in [2.75, 3.05) is 31.5 Å². The Balaban J connectivity index is 1.27. The van der Waals surface area contributed by atoms with E-state index >= 15 is 0 Å². The minimum Gasteiger partial charge on any atom is -0.359 e. The molecule has 216 valence electrons. The Bertz CT molecular complexity index is 1190. The topological polar surface area (TPSA) is 91.0 Å². The number of nitrogens with one attached hydrogen (secondary N) is 2. The molecule has 0 aromatic heterocycles. The second-order valence-corrected chi connectivity index (χ2v) is 13.0. The fraction of sp³-hybridized carbons (Fsp3) is 0.645. The third kappa shape index (κ3) is 4.86. The van der Waals surface area contributed by atoms with Gasteiger partial charge in [-0.05, 0) is 62.4 Å². The Morgan fingerprint density at radius 3 is 2.65 bits per heavy atom. The van der Waals surface area contributed by atoms with E-state index in [2.05, 4.69) is 29.4 Å². The fourth-order valence-corrected chi connectivity index (χ4v) is 7.97. The van der Waals surface area contributed by atoms with Crippen LogP contribution in [0.3, 0.4) is 0 Å². The predicted octanol–water partition coefficient (Wildman–Crippen LogP) is 3.86. The minimum atomic E-state index is -1.15. The van der Waals surface area contributed by atoms with Crippen LogP contribution in [0.5, 0.6) is 0 Å². The van der Waals surface area contributed by atoms with Gasteiger partial charge in [0.1, 0.15) is 11.6 Å². The summed E-state index contributed by atoms with van der Waals surface area (Å²) in [5.41, 5.74) is -0.575. The SMILES string of the molecule is C[C@H]1[C@H](C)CCC[C@@H]1NC(=O)[C@@H]1N(CCN2CCCCC2)C(=O)[C@@H]2[C@@H](C(=O)Nc3cccc(Cl)c3)[C@@H]3C=C[C@]21O3. The van der Waals surface area contributed by atoms with Gasteiger partial charge in [0.2, 0.25) is 17.7 Å². The number of benzene rings is 1. The number of carbonyl (C=O) groups excluding carboxylic acids is 3. The van der Waals surface area contributed by atoms with Crippen molar-refractivity contribution in [3.05, 3.63) is 41.4 Å². The first-order valence-corrected chi connectivity index (χ1v) is 15.4. The van der Waals surface area contributed by atoms with E-state index in [-0.39, 0.29) is 23.8 Å². The molecule has 4 aliphatic heterocycles. The zero-order valence-corrected chi connectivity index (χ0v) is 24.2. The van der Waals surface area contributed by atoms with Gasteiger partial charge in [-0.1, -0.05) is 62.9 Å². The standard InChI is InChI=1S/C31H41ClN4O4/c1-19-8-6-11-23(20(19)2)34-29(38)27-31-13-12-24(40-31)25(28(37)33-22-10-7-9-21(32)18-22)26(31)30(39)36(27)17-16-35-14-4-3-5-15-35/h7,9-10,12-13,18-20,23-27H,3-6,8,11,14-17H2,1-2H3,(H,33,37)(H,34,38)/t19-,20+,23+,24+,25+,26+,27+,31+/m1/s1. The van der Waals surface area contributed by atoms with E-state index in [0.717, 1.165) is 38.8 Å². The van der Waals surface area contributed by atoms with Crippen LogP contribution in [-0.4, -0.2) is 77.5 Å². The van der Waals surface area contributed by atoms with Crippen molar-refractivity contribution >= 4 is 35.0 Å². The van der Waals surface area contributed by atoms with Gasteiger partial charge in [0.25, 0.3) is 0 Å². The summed E-state index contributed by atoms with van der Waals surface area (Å²) in [5.74, 6) is -1.20. The monoisotopic (exact) mass is 568 g/mol. The maximum absolute atomic E-state index is 14.2. The van der Waals surface area contributed by atoms with Crippen molar-refractivity contribution in [1.29, 1.82) is 0 Å². The van der Waals surface area contributed by atoms with E-state index in [4.69, 9.17) is 16.3 Å². The van der Waals surface area contributed by atoms with E-state index in [1.807, 2.05) is 12.2 Å². The summed E-state index contributed by atoms with van der Waals surface area (Å²) < 4.78 is 6.51. The summed E-state index contributed by atoms with van der Waals surface area (Å²) >= 11 is 6.14. The number of fused-ring (bicyclic) bond motifs is 1. The highest BCUT2D eigenvalue weighted by atomic mass is 35.5. The molecule has 9 heteroatoms. The summed E-state index contributed by atoms with van der Waals surface area (Å²) in [5, 5.41) is 6.79. The van der Waals surface area contributed by atoms with Crippen molar-refractivity contribution in [1.82, 2.24) is 15.1 Å². The Labute approximate surface area is 241 Å². The Kier molecular flexibility index (Phi) is 7.70. The molecule has 1 aliphatic carbocycles. The summed E-state index contributed by atoms with van der Waals surface area (Å²) in [6.07, 6.45) is 9.93. The van der Waals surface area contributed by atoms with Crippen LogP contribution >= 0.6 is 11.6 Å². The number of hydrogen-bond donors (Lipinski definition) is 2. The largest absolute Gasteiger partial charge is 0.359 e. The molecule has 5 aliphatic rings. The molecule has 1 spiro atoms. The molecule has 4 heterocycles. The van der Waals surface area contributed by atoms with Gasteiger partial charge in [-0.15, -0.1) is 0 Å². The molecule has 40 heavy (non-hydrogen) atoms. The maximum atomic E-state index is 14.2. The first-order chi connectivity index (χ1) is 19.3. The van der Waals surface area contributed by atoms with Crippen LogP contribution in [0, 0.1) is 23.7 Å². The molecule has 3 saturated heterocycles. The first kappa shape index (κ1) is 27.7. The molecule has 0 radical (unpaired) electrons. The summed E-state index contributed by atoms with van der Waals surface area (Å²) in [7, 11) is 0. The number of hydrogen-bond acceptors (Lipinski definition) is 5. The van der Waals surface area contributed by atoms with E-state index in [9.17, 15) is 14.4 Å². The highest BCUT2D eigenvalue weighted by Gasteiger charge is 2.72. The van der Waals surface area contributed by atoms with E-state index in [1.54, 1.807) is 29.2 Å². The lowest BCUT2D eigenvalue weighted by atomic mass is 9.73. The molecule has 8 atom stereocenters. The third-order valence-corrected chi connectivity index (χ3v) is 10.4. The van der Waals surface area contributed by atoms with Gasteiger partial charge in [-0.2, -0.15) is 0 Å². The Morgan fingerprint density at radius 1 is 1.07 bits per heavy atom. The number of nitrogens with zero attached hydrogens (tertiary/aromatic N) is 2. The van der Waals surface area contributed by atoms with Crippen molar-refractivity contribution in [2.45, 2.75) is 76.2 Å². The minimum absolute atomic E-state index is 0.0650. The van der Waals surface area contributed by atoms with Crippen LogP contribution in [0.4, 0.5) is 5.69 Å². The lowest BCUT2D eigenvalue weighted by Gasteiger charge is -2.38. The fourth-order valence-electron chi connectivity index (χ4n) is 7.78. The van der Waals surface area contributed by atoms with Gasteiger partial charge in [-0.25, -0.2) is 0 Å². The molecular formula is C31H41ClN4O4. The molecule has 2 bridgehead atoms. The molecule has 6 rings (SSSR count). The Morgan fingerprint density at radius 2 is 1.88 bits per heavy atom. The van der Waals surface area contributed by atoms with Crippen LogP contribution in [0.1, 0.15) is 52.4 Å². The number of likely N-dealkylation sites (tertiary alicyclic amines) is 2. The van der Waals surface area contributed by atoms with Gasteiger partial charge in [0, 0.05) is 29.8 Å². The van der Waals surface area contributed by atoms with Gasteiger partial charge < -0.3 is 25.2 Å². The van der Waals surface area contributed by atoms with E-state index in [1.165, 1.54) is 12.8 Å². The maximum Gasteiger partial charge on any atom is 0.246 e. The zero-order valence-electron chi connectivity index (χ0n) is 23.5. The number of halogens is 1. The van der Waals surface area contributed by atoms with Gasteiger partial charge in [-0.3, -0.25) is 14.4 Å². The number of carbonyl (C=O) groups is 3. The lowest BCUT2D eigenvalue weighted by molar-refractivity contribution is -0.142. The van der Waals surface area contributed by atoms with Gasteiger partial charge in [0.05, 0.1) is 17.9 Å².